The van der Waals surface area contributed by atoms with Crippen molar-refractivity contribution in [2.24, 2.45) is 5.10 Å². The maximum Gasteiger partial charge on any atom is 0.278 e. The number of hydrazone groups is 1. The second-order valence-electron chi connectivity index (χ2n) is 5.51. The van der Waals surface area contributed by atoms with Crippen molar-refractivity contribution >= 4 is 33.5 Å². The minimum absolute atomic E-state index is 0.179. The van der Waals surface area contributed by atoms with Crippen molar-refractivity contribution in [3.8, 4) is 0 Å². The van der Waals surface area contributed by atoms with Gasteiger partial charge in [-0.3, -0.25) is 25.0 Å². The van der Waals surface area contributed by atoms with Crippen molar-refractivity contribution in [2.45, 2.75) is 11.3 Å². The lowest BCUT2D eigenvalue weighted by molar-refractivity contribution is -0.385. The Morgan fingerprint density at radius 1 is 1.03 bits per heavy atom. The van der Waals surface area contributed by atoms with Crippen molar-refractivity contribution in [3.05, 3.63) is 74.3 Å². The summed E-state index contributed by atoms with van der Waals surface area (Å²) in [6.45, 7) is -0.244. The van der Waals surface area contributed by atoms with E-state index in [0.717, 1.165) is 30.5 Å². The highest BCUT2D eigenvalue weighted by atomic mass is 32.2. The fourth-order valence-electron chi connectivity index (χ4n) is 2.12. The van der Waals surface area contributed by atoms with Gasteiger partial charge in [0, 0.05) is 31.2 Å². The van der Waals surface area contributed by atoms with Crippen LogP contribution in [0.4, 0.5) is 11.4 Å². The van der Waals surface area contributed by atoms with Crippen molar-refractivity contribution in [3.63, 3.8) is 0 Å². The molecule has 1 amide bonds. The number of amides is 1. The normalized spacial score (nSPS) is 11.3. The summed E-state index contributed by atoms with van der Waals surface area (Å²) in [5.74, 6) is -0.619. The molecule has 0 aliphatic carbocycles. The molecule has 0 fully saturated rings. The standard InChI is InChI=1S/C16H15N5O7S/c22-16(19-17-11-12-3-1-2-4-15(12)21(25)26)9-10-18-29(27,28)14-7-5-13(6-8-14)20(23)24/h1-8,11,18H,9-10H2,(H,19,22). The van der Waals surface area contributed by atoms with Gasteiger partial charge >= 0.3 is 0 Å². The quantitative estimate of drug-likeness (QED) is 0.349. The van der Waals surface area contributed by atoms with Gasteiger partial charge in [-0.15, -0.1) is 0 Å². The second-order valence-corrected chi connectivity index (χ2v) is 7.27. The number of carbonyl (C=O) groups excluding carboxylic acids is 1. The summed E-state index contributed by atoms with van der Waals surface area (Å²) in [6.07, 6.45) is 0.859. The zero-order valence-corrected chi connectivity index (χ0v) is 15.5. The number of nitro benzene ring substituents is 2. The Kier molecular flexibility index (Phi) is 7.05. The summed E-state index contributed by atoms with van der Waals surface area (Å²) < 4.78 is 26.4. The molecule has 0 saturated carbocycles. The minimum Gasteiger partial charge on any atom is -0.273 e. The lowest BCUT2D eigenvalue weighted by Crippen LogP contribution is -2.29. The van der Waals surface area contributed by atoms with E-state index >= 15 is 0 Å². The van der Waals surface area contributed by atoms with E-state index in [4.69, 9.17) is 0 Å². The van der Waals surface area contributed by atoms with E-state index < -0.39 is 25.8 Å². The SMILES string of the molecule is O=C(CCNS(=O)(=O)c1ccc([N+](=O)[O-])cc1)NN=Cc1ccccc1[N+](=O)[O-]. The summed E-state index contributed by atoms with van der Waals surface area (Å²) in [5, 5.41) is 25.1. The Morgan fingerprint density at radius 2 is 1.69 bits per heavy atom. The Hall–Kier alpha value is -3.71. The van der Waals surface area contributed by atoms with Gasteiger partial charge in [0.25, 0.3) is 11.4 Å². The molecule has 2 aromatic carbocycles. The lowest BCUT2D eigenvalue weighted by Gasteiger charge is -2.06. The molecular formula is C16H15N5O7S. The number of nitro groups is 2. The molecule has 29 heavy (non-hydrogen) atoms. The van der Waals surface area contributed by atoms with Crippen LogP contribution in [0.3, 0.4) is 0 Å². The zero-order chi connectivity index (χ0) is 21.4. The molecule has 0 bridgehead atoms. The van der Waals surface area contributed by atoms with Crippen LogP contribution in [0, 0.1) is 20.2 Å². The zero-order valence-electron chi connectivity index (χ0n) is 14.7. The Labute approximate surface area is 164 Å². The smallest absolute Gasteiger partial charge is 0.273 e. The largest absolute Gasteiger partial charge is 0.278 e. The van der Waals surface area contributed by atoms with Gasteiger partial charge in [-0.25, -0.2) is 18.6 Å². The van der Waals surface area contributed by atoms with Gasteiger partial charge in [-0.1, -0.05) is 12.1 Å². The fraction of sp³-hybridized carbons (Fsp3) is 0.125. The van der Waals surface area contributed by atoms with Gasteiger partial charge in [0.1, 0.15) is 0 Å². The summed E-state index contributed by atoms with van der Waals surface area (Å²) in [4.78, 5) is 31.8. The van der Waals surface area contributed by atoms with Crippen LogP contribution in [0.25, 0.3) is 0 Å². The fourth-order valence-corrected chi connectivity index (χ4v) is 3.15. The predicted octanol–water partition coefficient (Wildman–Crippen LogP) is 1.32. The number of hydrogen-bond acceptors (Lipinski definition) is 8. The van der Waals surface area contributed by atoms with Crippen molar-refractivity contribution in [1.29, 1.82) is 0 Å². The van der Waals surface area contributed by atoms with Crippen LogP contribution in [0.15, 0.2) is 58.5 Å². The summed E-state index contributed by atoms with van der Waals surface area (Å²) in [6, 6.07) is 10.1. The number of carbonyl (C=O) groups is 1. The molecule has 0 aliphatic heterocycles. The van der Waals surface area contributed by atoms with Crippen LogP contribution in [0.2, 0.25) is 0 Å². The first-order valence-corrected chi connectivity index (χ1v) is 9.48. The molecule has 0 aliphatic rings. The van der Waals surface area contributed by atoms with E-state index in [1.54, 1.807) is 6.07 Å². The van der Waals surface area contributed by atoms with Gasteiger partial charge in [0.15, 0.2) is 0 Å². The van der Waals surface area contributed by atoms with E-state index in [0.29, 0.717) is 0 Å². The maximum atomic E-state index is 12.1. The first-order chi connectivity index (χ1) is 13.7. The van der Waals surface area contributed by atoms with Gasteiger partial charge in [0.2, 0.25) is 15.9 Å². The molecule has 2 rings (SSSR count). The van der Waals surface area contributed by atoms with Crippen molar-refractivity contribution < 1.29 is 23.1 Å². The average molecular weight is 421 g/mol. The monoisotopic (exact) mass is 421 g/mol. The number of hydrogen-bond donors (Lipinski definition) is 2. The molecule has 0 spiro atoms. The summed E-state index contributed by atoms with van der Waals surface area (Å²) in [5.41, 5.74) is 1.90. The van der Waals surface area contributed by atoms with E-state index in [9.17, 15) is 33.4 Å². The number of sulfonamides is 1. The third-order valence-electron chi connectivity index (χ3n) is 3.53. The van der Waals surface area contributed by atoms with Gasteiger partial charge in [-0.05, 0) is 18.2 Å². The number of nitrogens with zero attached hydrogens (tertiary/aromatic N) is 3. The Morgan fingerprint density at radius 3 is 2.31 bits per heavy atom. The second kappa shape index (κ2) is 9.48. The predicted molar refractivity (Wildman–Crippen MR) is 102 cm³/mol. The molecule has 0 aromatic heterocycles. The van der Waals surface area contributed by atoms with Crippen LogP contribution in [0.5, 0.6) is 0 Å². The highest BCUT2D eigenvalue weighted by molar-refractivity contribution is 7.89. The molecule has 0 saturated heterocycles. The first-order valence-electron chi connectivity index (χ1n) is 8.00. The van der Waals surface area contributed by atoms with E-state index in [2.05, 4.69) is 15.2 Å². The van der Waals surface area contributed by atoms with Crippen LogP contribution in [-0.4, -0.2) is 36.9 Å². The molecule has 2 aromatic rings. The molecule has 152 valence electrons. The summed E-state index contributed by atoms with van der Waals surface area (Å²) >= 11 is 0. The highest BCUT2D eigenvalue weighted by Crippen LogP contribution is 2.16. The molecule has 0 heterocycles. The Balaban J connectivity index is 1.86. The van der Waals surface area contributed by atoms with Gasteiger partial charge in [0.05, 0.1) is 26.5 Å². The van der Waals surface area contributed by atoms with E-state index in [-0.39, 0.29) is 34.8 Å². The van der Waals surface area contributed by atoms with Crippen LogP contribution in [0.1, 0.15) is 12.0 Å². The first kappa shape index (κ1) is 21.6. The third kappa shape index (κ3) is 6.15. The number of para-hydroxylation sites is 1. The average Bonchev–Trinajstić information content (AvgIpc) is 2.68. The molecule has 13 heteroatoms. The topological polar surface area (TPSA) is 174 Å². The Bertz CT molecular complexity index is 1050. The van der Waals surface area contributed by atoms with Crippen LogP contribution < -0.4 is 10.1 Å². The minimum atomic E-state index is -3.94. The van der Waals surface area contributed by atoms with E-state index in [1.807, 2.05) is 0 Å². The molecule has 0 atom stereocenters. The van der Waals surface area contributed by atoms with Crippen molar-refractivity contribution in [1.82, 2.24) is 10.1 Å². The molecule has 12 nitrogen and oxygen atoms in total. The maximum absolute atomic E-state index is 12.1. The number of rotatable bonds is 9. The molecule has 2 N–H and O–H groups in total. The van der Waals surface area contributed by atoms with Crippen LogP contribution in [-0.2, 0) is 14.8 Å². The van der Waals surface area contributed by atoms with Crippen LogP contribution >= 0.6 is 0 Å². The molecule has 0 unspecified atom stereocenters. The van der Waals surface area contributed by atoms with E-state index in [1.165, 1.54) is 18.2 Å². The summed E-state index contributed by atoms with van der Waals surface area (Å²) in [7, 11) is -3.94. The number of non-ortho nitro benzene ring substituents is 1. The number of benzene rings is 2. The number of nitrogens with one attached hydrogen (secondary N) is 2. The van der Waals surface area contributed by atoms with Gasteiger partial charge < -0.3 is 0 Å². The molecule has 0 radical (unpaired) electrons. The highest BCUT2D eigenvalue weighted by Gasteiger charge is 2.16. The van der Waals surface area contributed by atoms with Crippen molar-refractivity contribution in [2.75, 3.05) is 6.54 Å². The van der Waals surface area contributed by atoms with Gasteiger partial charge in [-0.2, -0.15) is 5.10 Å². The third-order valence-corrected chi connectivity index (χ3v) is 5.01. The molecular weight excluding hydrogens is 406 g/mol. The lowest BCUT2D eigenvalue weighted by atomic mass is 10.2.